The number of carbonyl (C=O) groups is 1. The van der Waals surface area contributed by atoms with Crippen LogP contribution in [0.1, 0.15) is 23.6 Å². The van der Waals surface area contributed by atoms with Gasteiger partial charge in [-0.1, -0.05) is 60.7 Å². The molecule has 9 heteroatoms. The molecular weight excluding hydrogens is 390 g/mol. The molecule has 1 N–H and O–H groups in total. The third-order valence-electron chi connectivity index (χ3n) is 4.42. The fourth-order valence-electron chi connectivity index (χ4n) is 2.98. The van der Waals surface area contributed by atoms with Gasteiger partial charge in [-0.2, -0.15) is 0 Å². The zero-order valence-corrected chi connectivity index (χ0v) is 16.7. The number of carbonyl (C=O) groups excluding carboxylic acids is 1. The Labute approximate surface area is 169 Å². The molecule has 0 saturated carbocycles. The maximum Gasteiger partial charge on any atom is 0.245 e. The molecule has 3 aromatic rings. The molecular formula is C20H23N5O3S. The van der Waals surface area contributed by atoms with Gasteiger partial charge in [0.25, 0.3) is 0 Å². The molecule has 29 heavy (non-hydrogen) atoms. The highest BCUT2D eigenvalue weighted by Crippen LogP contribution is 2.13. The van der Waals surface area contributed by atoms with Crippen molar-refractivity contribution in [3.05, 3.63) is 78.1 Å². The molecule has 152 valence electrons. The molecule has 2 aromatic carbocycles. The van der Waals surface area contributed by atoms with E-state index in [1.807, 2.05) is 48.5 Å². The van der Waals surface area contributed by atoms with Crippen molar-refractivity contribution >= 4 is 15.7 Å². The van der Waals surface area contributed by atoms with Crippen molar-refractivity contribution in [1.82, 2.24) is 25.5 Å². The van der Waals surface area contributed by atoms with Gasteiger partial charge in [0, 0.05) is 13.0 Å². The van der Waals surface area contributed by atoms with E-state index >= 15 is 0 Å². The fraction of sp³-hybridized carbons (Fsp3) is 0.300. The molecule has 1 atom stereocenters. The van der Waals surface area contributed by atoms with Crippen LogP contribution in [-0.2, 0) is 26.8 Å². The molecule has 0 radical (unpaired) electrons. The van der Waals surface area contributed by atoms with Crippen LogP contribution in [-0.4, -0.2) is 46.8 Å². The maximum atomic E-state index is 12.7. The lowest BCUT2D eigenvalue weighted by atomic mass is 10.1. The second kappa shape index (κ2) is 9.92. The number of sulfone groups is 1. The number of benzene rings is 2. The van der Waals surface area contributed by atoms with E-state index in [9.17, 15) is 13.2 Å². The molecule has 1 unspecified atom stereocenters. The van der Waals surface area contributed by atoms with Crippen LogP contribution in [0.15, 0.2) is 67.0 Å². The van der Waals surface area contributed by atoms with Crippen molar-refractivity contribution in [2.75, 3.05) is 12.3 Å². The predicted octanol–water partition coefficient (Wildman–Crippen LogP) is 1.58. The van der Waals surface area contributed by atoms with E-state index in [1.165, 1.54) is 11.0 Å². The minimum Gasteiger partial charge on any atom is -0.354 e. The minimum absolute atomic E-state index is 0.00302. The largest absolute Gasteiger partial charge is 0.354 e. The number of nitrogens with one attached hydrogen (secondary N) is 1. The Morgan fingerprint density at radius 3 is 2.28 bits per heavy atom. The van der Waals surface area contributed by atoms with E-state index < -0.39 is 15.9 Å². The van der Waals surface area contributed by atoms with Crippen molar-refractivity contribution < 1.29 is 13.2 Å². The summed E-state index contributed by atoms with van der Waals surface area (Å²) >= 11 is 0. The number of tetrazole rings is 1. The first-order chi connectivity index (χ1) is 14.0. The summed E-state index contributed by atoms with van der Waals surface area (Å²) in [6.07, 6.45) is 2.18. The second-order valence-corrected chi connectivity index (χ2v) is 8.90. The second-order valence-electron chi connectivity index (χ2n) is 6.72. The molecule has 0 bridgehead atoms. The Morgan fingerprint density at radius 2 is 1.66 bits per heavy atom. The highest BCUT2D eigenvalue weighted by molar-refractivity contribution is 7.90. The van der Waals surface area contributed by atoms with E-state index in [0.717, 1.165) is 11.1 Å². The SMILES string of the molecule is O=C(NCCCS(=O)(=O)Cc1ccccc1)C(Cc1ccccc1)n1cnnn1. The first-order valence-electron chi connectivity index (χ1n) is 9.32. The lowest BCUT2D eigenvalue weighted by molar-refractivity contribution is -0.124. The Hall–Kier alpha value is -3.07. The van der Waals surface area contributed by atoms with Gasteiger partial charge in [0.15, 0.2) is 9.84 Å². The molecule has 0 aliphatic rings. The summed E-state index contributed by atoms with van der Waals surface area (Å²) in [5.41, 5.74) is 1.74. The highest BCUT2D eigenvalue weighted by atomic mass is 32.2. The fourth-order valence-corrected chi connectivity index (χ4v) is 4.41. The average Bonchev–Trinajstić information content (AvgIpc) is 3.25. The van der Waals surface area contributed by atoms with E-state index in [0.29, 0.717) is 12.8 Å². The Bertz CT molecular complexity index is 993. The number of hydrogen-bond acceptors (Lipinski definition) is 6. The van der Waals surface area contributed by atoms with Gasteiger partial charge in [-0.25, -0.2) is 13.1 Å². The molecule has 1 aromatic heterocycles. The van der Waals surface area contributed by atoms with Gasteiger partial charge >= 0.3 is 0 Å². The lowest BCUT2D eigenvalue weighted by Gasteiger charge is -2.16. The van der Waals surface area contributed by atoms with Gasteiger partial charge < -0.3 is 5.32 Å². The molecule has 8 nitrogen and oxygen atoms in total. The van der Waals surface area contributed by atoms with Crippen LogP contribution >= 0.6 is 0 Å². The van der Waals surface area contributed by atoms with Gasteiger partial charge in [-0.3, -0.25) is 4.79 Å². The van der Waals surface area contributed by atoms with Crippen LogP contribution in [0.25, 0.3) is 0 Å². The van der Waals surface area contributed by atoms with Crippen molar-refractivity contribution in [2.24, 2.45) is 0 Å². The zero-order valence-electron chi connectivity index (χ0n) is 15.9. The lowest BCUT2D eigenvalue weighted by Crippen LogP contribution is -2.35. The van der Waals surface area contributed by atoms with Crippen LogP contribution in [0.2, 0.25) is 0 Å². The van der Waals surface area contributed by atoms with Crippen LogP contribution in [0.5, 0.6) is 0 Å². The van der Waals surface area contributed by atoms with E-state index in [-0.39, 0.29) is 24.0 Å². The summed E-state index contributed by atoms with van der Waals surface area (Å²) in [6, 6.07) is 18.0. The normalized spacial score (nSPS) is 12.4. The summed E-state index contributed by atoms with van der Waals surface area (Å²) in [5.74, 6) is -0.235. The monoisotopic (exact) mass is 413 g/mol. The summed E-state index contributed by atoms with van der Waals surface area (Å²) in [5, 5.41) is 13.9. The van der Waals surface area contributed by atoms with Crippen molar-refractivity contribution in [1.29, 1.82) is 0 Å². The van der Waals surface area contributed by atoms with Crippen molar-refractivity contribution in [3.63, 3.8) is 0 Å². The summed E-state index contributed by atoms with van der Waals surface area (Å²) < 4.78 is 25.9. The molecule has 0 aliphatic carbocycles. The molecule has 1 amide bonds. The van der Waals surface area contributed by atoms with Crippen LogP contribution < -0.4 is 5.32 Å². The number of aromatic nitrogens is 4. The van der Waals surface area contributed by atoms with Gasteiger partial charge in [0.2, 0.25) is 5.91 Å². The third-order valence-corrected chi connectivity index (χ3v) is 6.10. The maximum absolute atomic E-state index is 12.7. The van der Waals surface area contributed by atoms with Crippen LogP contribution in [0.3, 0.4) is 0 Å². The van der Waals surface area contributed by atoms with Gasteiger partial charge in [-0.05, 0) is 28.0 Å². The molecule has 3 rings (SSSR count). The van der Waals surface area contributed by atoms with Gasteiger partial charge in [0.05, 0.1) is 11.5 Å². The van der Waals surface area contributed by atoms with E-state index in [1.54, 1.807) is 12.1 Å². The summed E-state index contributed by atoms with van der Waals surface area (Å²) in [4.78, 5) is 12.7. The highest BCUT2D eigenvalue weighted by Gasteiger charge is 2.22. The Morgan fingerprint density at radius 1 is 1.00 bits per heavy atom. The number of nitrogens with zero attached hydrogens (tertiary/aromatic N) is 4. The predicted molar refractivity (Wildman–Crippen MR) is 109 cm³/mol. The minimum atomic E-state index is -3.23. The molecule has 0 fully saturated rings. The molecule has 0 aliphatic heterocycles. The van der Waals surface area contributed by atoms with Crippen LogP contribution in [0.4, 0.5) is 0 Å². The van der Waals surface area contributed by atoms with Crippen molar-refractivity contribution in [2.45, 2.75) is 24.6 Å². The molecule has 0 spiro atoms. The Balaban J connectivity index is 1.52. The van der Waals surface area contributed by atoms with E-state index in [4.69, 9.17) is 0 Å². The first kappa shape index (κ1) is 20.7. The first-order valence-corrected chi connectivity index (χ1v) is 11.1. The van der Waals surface area contributed by atoms with Gasteiger partial charge in [-0.15, -0.1) is 5.10 Å². The number of hydrogen-bond donors (Lipinski definition) is 1. The number of amides is 1. The Kier molecular flexibility index (Phi) is 7.07. The zero-order chi connectivity index (χ0) is 20.5. The van der Waals surface area contributed by atoms with Crippen molar-refractivity contribution in [3.8, 4) is 0 Å². The standard InChI is InChI=1S/C20H23N5O3S/c26-20(19(25-16-22-23-24-25)14-17-8-3-1-4-9-17)21-12-7-13-29(27,28)15-18-10-5-2-6-11-18/h1-6,8-11,16,19H,7,12-15H2,(H,21,26). The topological polar surface area (TPSA) is 107 Å². The smallest absolute Gasteiger partial charge is 0.245 e. The summed E-state index contributed by atoms with van der Waals surface area (Å²) in [6.45, 7) is 0.264. The number of rotatable bonds is 10. The summed E-state index contributed by atoms with van der Waals surface area (Å²) in [7, 11) is -3.23. The molecule has 1 heterocycles. The van der Waals surface area contributed by atoms with Crippen LogP contribution in [0, 0.1) is 0 Å². The molecule has 0 saturated heterocycles. The van der Waals surface area contributed by atoms with E-state index in [2.05, 4.69) is 20.8 Å². The third kappa shape index (κ3) is 6.49. The quantitative estimate of drug-likeness (QED) is 0.506. The van der Waals surface area contributed by atoms with Gasteiger partial charge in [0.1, 0.15) is 12.4 Å². The average molecular weight is 414 g/mol.